The molecule has 2 aromatic carbocycles. The van der Waals surface area contributed by atoms with E-state index in [4.69, 9.17) is 5.73 Å². The van der Waals surface area contributed by atoms with Crippen molar-refractivity contribution < 1.29 is 4.79 Å². The van der Waals surface area contributed by atoms with Crippen LogP contribution in [0, 0.1) is 0 Å². The van der Waals surface area contributed by atoms with Gasteiger partial charge < -0.3 is 11.1 Å². The highest BCUT2D eigenvalue weighted by atomic mass is 16.1. The lowest BCUT2D eigenvalue weighted by Crippen LogP contribution is -2.27. The van der Waals surface area contributed by atoms with E-state index in [9.17, 15) is 4.79 Å². The SMILES string of the molecule is CC(C)c1cccc(N[C@@H](C(N)=O)c2ccccc2)c1. The Morgan fingerprint density at radius 1 is 1.00 bits per heavy atom. The molecule has 2 rings (SSSR count). The Labute approximate surface area is 119 Å². The molecule has 0 aromatic heterocycles. The zero-order valence-electron chi connectivity index (χ0n) is 11.8. The van der Waals surface area contributed by atoms with Crippen molar-refractivity contribution in [3.8, 4) is 0 Å². The van der Waals surface area contributed by atoms with Crippen molar-refractivity contribution in [3.05, 3.63) is 65.7 Å². The molecule has 0 unspecified atom stereocenters. The minimum Gasteiger partial charge on any atom is -0.370 e. The smallest absolute Gasteiger partial charge is 0.244 e. The van der Waals surface area contributed by atoms with Crippen LogP contribution in [0.3, 0.4) is 0 Å². The quantitative estimate of drug-likeness (QED) is 0.872. The minimum atomic E-state index is -0.515. The molecule has 104 valence electrons. The van der Waals surface area contributed by atoms with E-state index < -0.39 is 6.04 Å². The first-order chi connectivity index (χ1) is 9.58. The molecule has 0 spiro atoms. The number of hydrogen-bond acceptors (Lipinski definition) is 2. The Morgan fingerprint density at radius 2 is 1.65 bits per heavy atom. The maximum Gasteiger partial charge on any atom is 0.244 e. The summed E-state index contributed by atoms with van der Waals surface area (Å²) in [5.41, 5.74) is 8.52. The molecule has 0 saturated heterocycles. The molecule has 20 heavy (non-hydrogen) atoms. The highest BCUT2D eigenvalue weighted by Gasteiger charge is 2.17. The van der Waals surface area contributed by atoms with E-state index in [0.29, 0.717) is 5.92 Å². The molecule has 0 saturated carbocycles. The molecule has 1 amide bonds. The fourth-order valence-electron chi connectivity index (χ4n) is 2.12. The summed E-state index contributed by atoms with van der Waals surface area (Å²) in [4.78, 5) is 11.7. The number of benzene rings is 2. The average molecular weight is 268 g/mol. The highest BCUT2D eigenvalue weighted by Crippen LogP contribution is 2.23. The fraction of sp³-hybridized carbons (Fsp3) is 0.235. The first kappa shape index (κ1) is 14.1. The van der Waals surface area contributed by atoms with Crippen LogP contribution in [0.5, 0.6) is 0 Å². The van der Waals surface area contributed by atoms with Crippen LogP contribution in [0.15, 0.2) is 54.6 Å². The third kappa shape index (κ3) is 3.38. The zero-order valence-corrected chi connectivity index (χ0v) is 11.8. The number of nitrogens with two attached hydrogens (primary N) is 1. The Morgan fingerprint density at radius 3 is 2.25 bits per heavy atom. The molecule has 0 aliphatic carbocycles. The number of amides is 1. The summed E-state index contributed by atoms with van der Waals surface area (Å²) < 4.78 is 0. The van der Waals surface area contributed by atoms with Gasteiger partial charge in [-0.3, -0.25) is 4.79 Å². The Balaban J connectivity index is 2.25. The van der Waals surface area contributed by atoms with Gasteiger partial charge in [0, 0.05) is 5.69 Å². The van der Waals surface area contributed by atoms with E-state index in [-0.39, 0.29) is 5.91 Å². The molecule has 0 fully saturated rings. The van der Waals surface area contributed by atoms with Crippen LogP contribution in [0.25, 0.3) is 0 Å². The summed E-state index contributed by atoms with van der Waals surface area (Å²) in [6.45, 7) is 4.28. The van der Waals surface area contributed by atoms with Gasteiger partial charge in [-0.1, -0.05) is 56.3 Å². The second-order valence-electron chi connectivity index (χ2n) is 5.17. The van der Waals surface area contributed by atoms with Crippen LogP contribution >= 0.6 is 0 Å². The molecule has 0 bridgehead atoms. The lowest BCUT2D eigenvalue weighted by molar-refractivity contribution is -0.118. The van der Waals surface area contributed by atoms with Gasteiger partial charge in [-0.25, -0.2) is 0 Å². The number of carbonyl (C=O) groups is 1. The maximum atomic E-state index is 11.7. The standard InChI is InChI=1S/C17H20N2O/c1-12(2)14-9-6-10-15(11-14)19-16(17(18)20)13-7-4-3-5-8-13/h3-12,16,19H,1-2H3,(H2,18,20)/t16-/m1/s1. The summed E-state index contributed by atoms with van der Waals surface area (Å²) in [6.07, 6.45) is 0. The summed E-state index contributed by atoms with van der Waals surface area (Å²) >= 11 is 0. The highest BCUT2D eigenvalue weighted by molar-refractivity contribution is 5.84. The predicted octanol–water partition coefficient (Wildman–Crippen LogP) is 3.45. The van der Waals surface area contributed by atoms with Crippen molar-refractivity contribution in [1.82, 2.24) is 0 Å². The molecule has 3 N–H and O–H groups in total. The Hall–Kier alpha value is -2.29. The van der Waals surface area contributed by atoms with Gasteiger partial charge in [-0.2, -0.15) is 0 Å². The van der Waals surface area contributed by atoms with E-state index in [0.717, 1.165) is 11.3 Å². The van der Waals surface area contributed by atoms with Gasteiger partial charge in [-0.05, 0) is 29.2 Å². The van der Waals surface area contributed by atoms with Crippen molar-refractivity contribution in [2.24, 2.45) is 5.73 Å². The summed E-state index contributed by atoms with van der Waals surface area (Å²) in [6, 6.07) is 17.1. The Kier molecular flexibility index (Phi) is 4.41. The minimum absolute atomic E-state index is 0.383. The van der Waals surface area contributed by atoms with Crippen LogP contribution in [0.4, 0.5) is 5.69 Å². The van der Waals surface area contributed by atoms with E-state index in [1.54, 1.807) is 0 Å². The third-order valence-electron chi connectivity index (χ3n) is 3.28. The van der Waals surface area contributed by atoms with Crippen molar-refractivity contribution in [1.29, 1.82) is 0 Å². The van der Waals surface area contributed by atoms with Gasteiger partial charge in [-0.15, -0.1) is 0 Å². The van der Waals surface area contributed by atoms with Crippen molar-refractivity contribution >= 4 is 11.6 Å². The summed E-state index contributed by atoms with van der Waals surface area (Å²) in [7, 11) is 0. The topological polar surface area (TPSA) is 55.1 Å². The molecule has 0 heterocycles. The average Bonchev–Trinajstić information content (AvgIpc) is 2.45. The predicted molar refractivity (Wildman–Crippen MR) is 82.5 cm³/mol. The molecule has 2 aromatic rings. The van der Waals surface area contributed by atoms with Gasteiger partial charge in [0.25, 0.3) is 0 Å². The summed E-state index contributed by atoms with van der Waals surface area (Å²) in [5, 5.41) is 3.22. The van der Waals surface area contributed by atoms with Gasteiger partial charge >= 0.3 is 0 Å². The number of carbonyl (C=O) groups excluding carboxylic acids is 1. The Bertz CT molecular complexity index is 579. The first-order valence-electron chi connectivity index (χ1n) is 6.78. The molecular weight excluding hydrogens is 248 g/mol. The molecule has 3 heteroatoms. The normalized spacial score (nSPS) is 12.2. The largest absolute Gasteiger partial charge is 0.370 e. The maximum absolute atomic E-state index is 11.7. The van der Waals surface area contributed by atoms with Crippen LogP contribution in [-0.4, -0.2) is 5.91 Å². The van der Waals surface area contributed by atoms with E-state index in [2.05, 4.69) is 31.3 Å². The second-order valence-corrected chi connectivity index (χ2v) is 5.17. The van der Waals surface area contributed by atoms with Gasteiger partial charge in [0.15, 0.2) is 0 Å². The zero-order chi connectivity index (χ0) is 14.5. The molecule has 0 aliphatic rings. The molecule has 3 nitrogen and oxygen atoms in total. The molecule has 0 aliphatic heterocycles. The van der Waals surface area contributed by atoms with Gasteiger partial charge in [0.05, 0.1) is 0 Å². The number of anilines is 1. The second kappa shape index (κ2) is 6.24. The monoisotopic (exact) mass is 268 g/mol. The number of nitrogens with one attached hydrogen (secondary N) is 1. The van der Waals surface area contributed by atoms with Crippen molar-refractivity contribution in [2.75, 3.05) is 5.32 Å². The number of rotatable bonds is 5. The van der Waals surface area contributed by atoms with Crippen LogP contribution < -0.4 is 11.1 Å². The van der Waals surface area contributed by atoms with Crippen molar-refractivity contribution in [2.45, 2.75) is 25.8 Å². The molecular formula is C17H20N2O. The lowest BCUT2D eigenvalue weighted by atomic mass is 10.0. The van der Waals surface area contributed by atoms with Gasteiger partial charge in [0.2, 0.25) is 5.91 Å². The van der Waals surface area contributed by atoms with Crippen LogP contribution in [-0.2, 0) is 4.79 Å². The van der Waals surface area contributed by atoms with Crippen LogP contribution in [0.2, 0.25) is 0 Å². The van der Waals surface area contributed by atoms with E-state index >= 15 is 0 Å². The number of hydrogen-bond donors (Lipinski definition) is 2. The van der Waals surface area contributed by atoms with E-state index in [1.807, 2.05) is 42.5 Å². The number of primary amides is 1. The van der Waals surface area contributed by atoms with Crippen molar-refractivity contribution in [3.63, 3.8) is 0 Å². The van der Waals surface area contributed by atoms with E-state index in [1.165, 1.54) is 5.56 Å². The fourth-order valence-corrected chi connectivity index (χ4v) is 2.12. The van der Waals surface area contributed by atoms with Crippen LogP contribution in [0.1, 0.15) is 36.9 Å². The summed E-state index contributed by atoms with van der Waals surface area (Å²) in [5.74, 6) is 0.0617. The first-order valence-corrected chi connectivity index (χ1v) is 6.78. The molecule has 1 atom stereocenters. The van der Waals surface area contributed by atoms with Gasteiger partial charge in [0.1, 0.15) is 6.04 Å². The third-order valence-corrected chi connectivity index (χ3v) is 3.28. The molecule has 0 radical (unpaired) electrons. The lowest BCUT2D eigenvalue weighted by Gasteiger charge is -2.18.